The predicted octanol–water partition coefficient (Wildman–Crippen LogP) is 2.98. The van der Waals surface area contributed by atoms with Gasteiger partial charge in [-0.2, -0.15) is 0 Å². The van der Waals surface area contributed by atoms with Crippen LogP contribution in [0.5, 0.6) is 0 Å². The topological polar surface area (TPSA) is 197 Å². The Morgan fingerprint density at radius 2 is 1.65 bits per heavy atom. The van der Waals surface area contributed by atoms with Crippen LogP contribution < -0.4 is 15.1 Å². The molecule has 4 fully saturated rings. The van der Waals surface area contributed by atoms with Gasteiger partial charge in [0.1, 0.15) is 23.4 Å². The number of aromatic nitrogens is 2. The first-order valence-electron chi connectivity index (χ1n) is 24.5. The van der Waals surface area contributed by atoms with Gasteiger partial charge in [-0.05, 0) is 107 Å². The van der Waals surface area contributed by atoms with Crippen LogP contribution in [-0.2, 0) is 34.0 Å². The first kappa shape index (κ1) is 47.5. The van der Waals surface area contributed by atoms with Crippen LogP contribution in [0.25, 0.3) is 0 Å². The summed E-state index contributed by atoms with van der Waals surface area (Å²) in [6.45, 7) is 13.8. The number of anilines is 2. The summed E-state index contributed by atoms with van der Waals surface area (Å²) < 4.78 is 0. The Bertz CT molecular complexity index is 2590. The average Bonchev–Trinajstić information content (AvgIpc) is 4.04. The largest absolute Gasteiger partial charge is 0.354 e. The number of amidine groups is 1. The molecule has 0 saturated carbocycles. The number of piperidine rings is 2. The van der Waals surface area contributed by atoms with Gasteiger partial charge < -0.3 is 24.5 Å². The van der Waals surface area contributed by atoms with Crippen LogP contribution in [-0.4, -0.2) is 172 Å². The summed E-state index contributed by atoms with van der Waals surface area (Å²) in [6.07, 6.45) is 5.84. The number of hydrogen-bond acceptors (Lipinski definition) is 13. The van der Waals surface area contributed by atoms with Gasteiger partial charge in [0.25, 0.3) is 11.8 Å². The van der Waals surface area contributed by atoms with Crippen molar-refractivity contribution < 1.29 is 24.0 Å². The average molecular weight is 938 g/mol. The Labute approximate surface area is 404 Å². The van der Waals surface area contributed by atoms with Gasteiger partial charge in [0, 0.05) is 88.6 Å². The van der Waals surface area contributed by atoms with Gasteiger partial charge in [-0.1, -0.05) is 17.9 Å². The zero-order valence-corrected chi connectivity index (χ0v) is 40.0. The Morgan fingerprint density at radius 1 is 0.870 bits per heavy atom. The standard InChI is InChI=1S/C51H63N13O5/c1-4-61(33-52)48(53)41-10-5-11-44(54-41)64-30-40-39(51(64)69)27-45(62-19-6-8-34(62)2)55-42(40)31-57(3)47(66)32-59-20-16-36(17-21-59)28-60-24-22-58(23-25-60)18-7-9-35-12-13-38-37(26-35)29-63(50(38)68)43-14-15-46(65)56-49(43)67/h5,10-13,26-27,33-34,36,43,52-53H,4,6,8,14-25,28-32H2,1-3H3,(H,56,65,67)/t34-,43?/m1/s1. The number of amides is 5. The third kappa shape index (κ3) is 10.3. The van der Waals surface area contributed by atoms with E-state index in [2.05, 4.69) is 48.7 Å². The van der Waals surface area contributed by atoms with E-state index in [0.717, 1.165) is 107 Å². The molecule has 8 heterocycles. The highest BCUT2D eigenvalue weighted by Crippen LogP contribution is 2.35. The van der Waals surface area contributed by atoms with Gasteiger partial charge in [-0.15, -0.1) is 0 Å². The molecule has 0 spiro atoms. The van der Waals surface area contributed by atoms with E-state index in [1.165, 1.54) is 4.90 Å². The molecule has 18 heteroatoms. The summed E-state index contributed by atoms with van der Waals surface area (Å²) in [6, 6.07) is 12.4. The minimum atomic E-state index is -0.632. The Hall–Kier alpha value is -6.55. The summed E-state index contributed by atoms with van der Waals surface area (Å²) in [4.78, 5) is 90.8. The Morgan fingerprint density at radius 3 is 2.38 bits per heavy atom. The lowest BCUT2D eigenvalue weighted by atomic mass is 9.96. The second-order valence-corrected chi connectivity index (χ2v) is 19.3. The van der Waals surface area contributed by atoms with Gasteiger partial charge >= 0.3 is 0 Å². The maximum Gasteiger partial charge on any atom is 0.260 e. The highest BCUT2D eigenvalue weighted by atomic mass is 16.2. The lowest BCUT2D eigenvalue weighted by Gasteiger charge is -2.38. The number of rotatable bonds is 13. The Balaban J connectivity index is 0.741. The third-order valence-corrected chi connectivity index (χ3v) is 14.8. The van der Waals surface area contributed by atoms with Gasteiger partial charge in [0.15, 0.2) is 5.84 Å². The summed E-state index contributed by atoms with van der Waals surface area (Å²) in [5.41, 5.74) is 4.73. The molecular weight excluding hydrogens is 875 g/mol. The van der Waals surface area contributed by atoms with Crippen molar-refractivity contribution in [2.75, 3.05) is 88.8 Å². The van der Waals surface area contributed by atoms with E-state index in [4.69, 9.17) is 15.8 Å². The lowest BCUT2D eigenvalue weighted by Crippen LogP contribution is -2.52. The molecule has 0 bridgehead atoms. The van der Waals surface area contributed by atoms with Crippen molar-refractivity contribution in [2.45, 2.75) is 84.1 Å². The zero-order chi connectivity index (χ0) is 48.3. The fourth-order valence-corrected chi connectivity index (χ4v) is 10.6. The van der Waals surface area contributed by atoms with Crippen LogP contribution in [0.1, 0.15) is 101 Å². The number of likely N-dealkylation sites (N-methyl/N-ethyl adjacent to an activating group) is 1. The van der Waals surface area contributed by atoms with Crippen molar-refractivity contribution >= 4 is 53.3 Å². The smallest absolute Gasteiger partial charge is 0.260 e. The van der Waals surface area contributed by atoms with Crippen LogP contribution in [0.2, 0.25) is 0 Å². The van der Waals surface area contributed by atoms with E-state index < -0.39 is 11.9 Å². The van der Waals surface area contributed by atoms with E-state index in [-0.39, 0.29) is 55.0 Å². The van der Waals surface area contributed by atoms with Crippen LogP contribution in [0.3, 0.4) is 0 Å². The molecule has 6 aliphatic heterocycles. The van der Waals surface area contributed by atoms with Crippen LogP contribution in [0.15, 0.2) is 42.5 Å². The first-order chi connectivity index (χ1) is 33.4. The Kier molecular flexibility index (Phi) is 14.2. The zero-order valence-electron chi connectivity index (χ0n) is 40.0. The second-order valence-electron chi connectivity index (χ2n) is 19.3. The summed E-state index contributed by atoms with van der Waals surface area (Å²) in [5.74, 6) is 7.40. The minimum absolute atomic E-state index is 0.0200. The fourth-order valence-electron chi connectivity index (χ4n) is 10.6. The lowest BCUT2D eigenvalue weighted by molar-refractivity contribution is -0.137. The van der Waals surface area contributed by atoms with E-state index >= 15 is 0 Å². The SMILES string of the molecule is CCN(C=N)C(=N)c1cccc(N2Cc3c(cc(N4CCC[C@H]4C)nc3CN(C)C(=O)CN3CCC(CN4CCN(CC#Cc5ccc6c(c5)CN(C5CCC(=O)NC5=O)C6=O)CC4)CC3)C2=O)n1. The summed E-state index contributed by atoms with van der Waals surface area (Å²) >= 11 is 0. The molecule has 5 amide bonds. The van der Waals surface area contributed by atoms with Gasteiger partial charge in [0.2, 0.25) is 17.7 Å². The molecular formula is C51H63N13O5. The van der Waals surface area contributed by atoms with Gasteiger partial charge in [-0.25, -0.2) is 9.97 Å². The number of nitrogens with zero attached hydrogens (tertiary/aromatic N) is 10. The minimum Gasteiger partial charge on any atom is -0.354 e. The molecule has 0 aliphatic carbocycles. The monoisotopic (exact) mass is 938 g/mol. The molecule has 6 aliphatic rings. The highest BCUT2D eigenvalue weighted by Gasteiger charge is 2.40. The molecule has 0 radical (unpaired) electrons. The fraction of sp³-hybridized carbons (Fsp3) is 0.510. The summed E-state index contributed by atoms with van der Waals surface area (Å²) in [7, 11) is 1.82. The molecule has 2 atom stereocenters. The molecule has 69 heavy (non-hydrogen) atoms. The van der Waals surface area contributed by atoms with E-state index in [0.29, 0.717) is 66.9 Å². The number of piperazine rings is 1. The number of imide groups is 1. The molecule has 1 unspecified atom stereocenters. The van der Waals surface area contributed by atoms with Crippen molar-refractivity contribution in [1.82, 2.24) is 44.7 Å². The molecule has 3 aromatic rings. The number of hydrogen-bond donors (Lipinski definition) is 3. The van der Waals surface area contributed by atoms with E-state index in [1.807, 2.05) is 32.2 Å². The van der Waals surface area contributed by atoms with Gasteiger partial charge in [-0.3, -0.25) is 54.8 Å². The molecule has 2 aromatic heterocycles. The third-order valence-electron chi connectivity index (χ3n) is 14.8. The number of nitrogens with one attached hydrogen (secondary N) is 3. The molecule has 3 N–H and O–H groups in total. The maximum absolute atomic E-state index is 14.2. The van der Waals surface area contributed by atoms with Crippen molar-refractivity contribution in [1.29, 1.82) is 10.8 Å². The predicted molar refractivity (Wildman–Crippen MR) is 261 cm³/mol. The van der Waals surface area contributed by atoms with Gasteiger partial charge in [0.05, 0.1) is 43.8 Å². The van der Waals surface area contributed by atoms with Crippen LogP contribution in [0, 0.1) is 28.6 Å². The van der Waals surface area contributed by atoms with Crippen LogP contribution >= 0.6 is 0 Å². The van der Waals surface area contributed by atoms with E-state index in [9.17, 15) is 24.0 Å². The molecule has 18 nitrogen and oxygen atoms in total. The summed E-state index contributed by atoms with van der Waals surface area (Å²) in [5, 5.41) is 18.6. The molecule has 9 rings (SSSR count). The molecule has 4 saturated heterocycles. The maximum atomic E-state index is 14.2. The number of likely N-dealkylation sites (tertiary alicyclic amines) is 1. The molecule has 1 aromatic carbocycles. The van der Waals surface area contributed by atoms with E-state index in [1.54, 1.807) is 39.0 Å². The van der Waals surface area contributed by atoms with Crippen LogP contribution in [0.4, 0.5) is 11.6 Å². The first-order valence-corrected chi connectivity index (χ1v) is 24.5. The number of carbonyl (C=O) groups excluding carboxylic acids is 5. The molecule has 362 valence electrons. The van der Waals surface area contributed by atoms with Crippen molar-refractivity contribution in [3.8, 4) is 11.8 Å². The van der Waals surface area contributed by atoms with Crippen molar-refractivity contribution in [3.63, 3.8) is 0 Å². The highest BCUT2D eigenvalue weighted by molar-refractivity contribution is 6.11. The van der Waals surface area contributed by atoms with Crippen molar-refractivity contribution in [2.24, 2.45) is 5.92 Å². The second kappa shape index (κ2) is 20.6. The number of carbonyl (C=O) groups is 5. The number of pyridine rings is 2. The van der Waals surface area contributed by atoms with Crippen molar-refractivity contribution in [3.05, 3.63) is 81.7 Å². The number of fused-ring (bicyclic) bond motifs is 2. The number of benzene rings is 1. The quantitative estimate of drug-likeness (QED) is 0.0983. The normalized spacial score (nSPS) is 21.2.